The summed E-state index contributed by atoms with van der Waals surface area (Å²) in [5.74, 6) is 0.463. The van der Waals surface area contributed by atoms with Crippen molar-refractivity contribution in [3.8, 4) is 0 Å². The van der Waals surface area contributed by atoms with Gasteiger partial charge >= 0.3 is 0 Å². The maximum absolute atomic E-state index is 4.86. The molecule has 2 aromatic rings. The van der Waals surface area contributed by atoms with Crippen molar-refractivity contribution in [2.45, 2.75) is 66.0 Å². The van der Waals surface area contributed by atoms with Crippen molar-refractivity contribution >= 4 is 22.7 Å². The van der Waals surface area contributed by atoms with E-state index in [0.29, 0.717) is 5.92 Å². The fourth-order valence-electron chi connectivity index (χ4n) is 2.03. The molecule has 21 heavy (non-hydrogen) atoms. The highest BCUT2D eigenvalue weighted by atomic mass is 32.1. The Balaban J connectivity index is 2.16. The standard InChI is InChI=1S/C16H25N3S2/c1-10(2)15-12(8-17-16(4,5)6)21-14(19-15)7-13-18-11(3)9-20-13/h9-10,17H,7-8H2,1-6H3. The first-order chi connectivity index (χ1) is 9.74. The molecule has 0 atom stereocenters. The Kier molecular flexibility index (Phi) is 5.17. The van der Waals surface area contributed by atoms with Crippen LogP contribution in [0.15, 0.2) is 5.38 Å². The molecular weight excluding hydrogens is 298 g/mol. The predicted molar refractivity (Wildman–Crippen MR) is 92.5 cm³/mol. The molecule has 3 nitrogen and oxygen atoms in total. The summed E-state index contributed by atoms with van der Waals surface area (Å²) in [7, 11) is 0. The molecule has 0 aromatic carbocycles. The fraction of sp³-hybridized carbons (Fsp3) is 0.625. The molecular formula is C16H25N3S2. The summed E-state index contributed by atoms with van der Waals surface area (Å²) in [6.07, 6.45) is 0.860. The van der Waals surface area contributed by atoms with Gasteiger partial charge in [-0.3, -0.25) is 0 Å². The van der Waals surface area contributed by atoms with Crippen LogP contribution in [0.2, 0.25) is 0 Å². The van der Waals surface area contributed by atoms with E-state index in [4.69, 9.17) is 4.98 Å². The van der Waals surface area contributed by atoms with E-state index in [0.717, 1.165) is 23.7 Å². The molecule has 0 saturated heterocycles. The monoisotopic (exact) mass is 323 g/mol. The molecule has 0 spiro atoms. The van der Waals surface area contributed by atoms with Crippen LogP contribution in [0.4, 0.5) is 0 Å². The van der Waals surface area contributed by atoms with Crippen LogP contribution in [0, 0.1) is 6.92 Å². The van der Waals surface area contributed by atoms with Gasteiger partial charge in [0.15, 0.2) is 0 Å². The predicted octanol–water partition coefficient (Wildman–Crippen LogP) is 4.51. The van der Waals surface area contributed by atoms with Gasteiger partial charge in [0.05, 0.1) is 22.1 Å². The average Bonchev–Trinajstić information content (AvgIpc) is 2.93. The Morgan fingerprint density at radius 1 is 1.19 bits per heavy atom. The largest absolute Gasteiger partial charge is 0.307 e. The van der Waals surface area contributed by atoms with Crippen molar-refractivity contribution in [1.82, 2.24) is 15.3 Å². The van der Waals surface area contributed by atoms with E-state index in [2.05, 4.69) is 50.3 Å². The third-order valence-corrected chi connectivity index (χ3v) is 5.10. The number of aromatic nitrogens is 2. The van der Waals surface area contributed by atoms with E-state index >= 15 is 0 Å². The van der Waals surface area contributed by atoms with E-state index in [-0.39, 0.29) is 5.54 Å². The minimum atomic E-state index is 0.130. The van der Waals surface area contributed by atoms with Gasteiger partial charge in [-0.1, -0.05) is 13.8 Å². The van der Waals surface area contributed by atoms with Gasteiger partial charge in [0.2, 0.25) is 0 Å². The first-order valence-corrected chi connectivity index (χ1v) is 9.08. The van der Waals surface area contributed by atoms with Crippen LogP contribution in [-0.2, 0) is 13.0 Å². The third kappa shape index (κ3) is 4.87. The molecule has 0 aliphatic rings. The quantitative estimate of drug-likeness (QED) is 0.879. The molecule has 0 unspecified atom stereocenters. The van der Waals surface area contributed by atoms with Crippen LogP contribution in [0.1, 0.15) is 66.8 Å². The first kappa shape index (κ1) is 16.6. The normalized spacial score (nSPS) is 12.3. The highest BCUT2D eigenvalue weighted by molar-refractivity contribution is 7.12. The molecule has 0 aliphatic carbocycles. The van der Waals surface area contributed by atoms with Gasteiger partial charge in [0, 0.05) is 28.0 Å². The van der Waals surface area contributed by atoms with Crippen LogP contribution >= 0.6 is 22.7 Å². The third-order valence-electron chi connectivity index (χ3n) is 3.07. The highest BCUT2D eigenvalue weighted by Crippen LogP contribution is 2.27. The molecule has 0 amide bonds. The van der Waals surface area contributed by atoms with Crippen LogP contribution in [-0.4, -0.2) is 15.5 Å². The summed E-state index contributed by atoms with van der Waals surface area (Å²) < 4.78 is 0. The Hall–Kier alpha value is -0.780. The number of nitrogens with zero attached hydrogens (tertiary/aromatic N) is 2. The summed E-state index contributed by atoms with van der Waals surface area (Å²) in [6.45, 7) is 14.0. The fourth-order valence-corrected chi connectivity index (χ4v) is 4.06. The van der Waals surface area contributed by atoms with Gasteiger partial charge in [-0.15, -0.1) is 22.7 Å². The van der Waals surface area contributed by atoms with E-state index in [1.54, 1.807) is 11.3 Å². The number of thiazole rings is 2. The van der Waals surface area contributed by atoms with Crippen LogP contribution in [0.25, 0.3) is 0 Å². The van der Waals surface area contributed by atoms with Gasteiger partial charge in [-0.25, -0.2) is 9.97 Å². The maximum Gasteiger partial charge on any atom is 0.0999 e. The van der Waals surface area contributed by atoms with E-state index in [9.17, 15) is 0 Å². The molecule has 0 bridgehead atoms. The summed E-state index contributed by atoms with van der Waals surface area (Å²) in [4.78, 5) is 10.8. The average molecular weight is 324 g/mol. The lowest BCUT2D eigenvalue weighted by Crippen LogP contribution is -2.35. The van der Waals surface area contributed by atoms with Crippen molar-refractivity contribution in [3.63, 3.8) is 0 Å². The van der Waals surface area contributed by atoms with Crippen LogP contribution in [0.3, 0.4) is 0 Å². The zero-order chi connectivity index (χ0) is 15.6. The molecule has 2 rings (SSSR count). The zero-order valence-corrected chi connectivity index (χ0v) is 15.4. The van der Waals surface area contributed by atoms with Gasteiger partial charge in [0.25, 0.3) is 0 Å². The maximum atomic E-state index is 4.86. The minimum absolute atomic E-state index is 0.130. The summed E-state index contributed by atoms with van der Waals surface area (Å²) in [5, 5.41) is 8.02. The lowest BCUT2D eigenvalue weighted by atomic mass is 10.1. The van der Waals surface area contributed by atoms with E-state index in [1.165, 1.54) is 15.6 Å². The van der Waals surface area contributed by atoms with Crippen molar-refractivity contribution in [1.29, 1.82) is 0 Å². The van der Waals surface area contributed by atoms with Crippen molar-refractivity contribution < 1.29 is 0 Å². The Labute approximate surface area is 135 Å². The first-order valence-electron chi connectivity index (χ1n) is 7.39. The summed E-state index contributed by atoms with van der Waals surface area (Å²) in [5.41, 5.74) is 2.47. The van der Waals surface area contributed by atoms with E-state index < -0.39 is 0 Å². The van der Waals surface area contributed by atoms with Crippen LogP contribution < -0.4 is 5.32 Å². The van der Waals surface area contributed by atoms with Crippen molar-refractivity contribution in [2.75, 3.05) is 0 Å². The van der Waals surface area contributed by atoms with Crippen molar-refractivity contribution in [2.24, 2.45) is 0 Å². The lowest BCUT2D eigenvalue weighted by Gasteiger charge is -2.20. The van der Waals surface area contributed by atoms with Gasteiger partial charge in [-0.2, -0.15) is 0 Å². The zero-order valence-electron chi connectivity index (χ0n) is 13.8. The Morgan fingerprint density at radius 3 is 2.43 bits per heavy atom. The Morgan fingerprint density at radius 2 is 1.90 bits per heavy atom. The van der Waals surface area contributed by atoms with Crippen LogP contribution in [0.5, 0.6) is 0 Å². The van der Waals surface area contributed by atoms with Gasteiger partial charge < -0.3 is 5.32 Å². The molecule has 2 aromatic heterocycles. The number of aryl methyl sites for hydroxylation is 1. The van der Waals surface area contributed by atoms with Gasteiger partial charge in [-0.05, 0) is 33.6 Å². The summed E-state index contributed by atoms with van der Waals surface area (Å²) >= 11 is 3.55. The molecule has 0 saturated carbocycles. The molecule has 0 aliphatic heterocycles. The van der Waals surface area contributed by atoms with E-state index in [1.807, 2.05) is 18.3 Å². The topological polar surface area (TPSA) is 37.8 Å². The number of hydrogen-bond acceptors (Lipinski definition) is 5. The second kappa shape index (κ2) is 6.55. The second-order valence-corrected chi connectivity index (χ2v) is 8.84. The SMILES string of the molecule is Cc1csc(Cc2nc(C(C)C)c(CNC(C)(C)C)s2)n1. The number of nitrogens with one attached hydrogen (secondary N) is 1. The van der Waals surface area contributed by atoms with Gasteiger partial charge in [0.1, 0.15) is 0 Å². The second-order valence-electron chi connectivity index (χ2n) is 6.73. The highest BCUT2D eigenvalue weighted by Gasteiger charge is 2.17. The Bertz CT molecular complexity index is 591. The van der Waals surface area contributed by atoms with Crippen molar-refractivity contribution in [3.05, 3.63) is 31.7 Å². The molecule has 116 valence electrons. The molecule has 0 fully saturated rings. The molecule has 5 heteroatoms. The molecule has 2 heterocycles. The summed E-state index contributed by atoms with van der Waals surface area (Å²) in [6, 6.07) is 0. The minimum Gasteiger partial charge on any atom is -0.307 e. The number of hydrogen-bond donors (Lipinski definition) is 1. The smallest absolute Gasteiger partial charge is 0.0999 e. The molecule has 1 N–H and O–H groups in total. The number of rotatable bonds is 5. The lowest BCUT2D eigenvalue weighted by molar-refractivity contribution is 0.425. The molecule has 0 radical (unpaired) electrons.